The third-order valence-corrected chi connectivity index (χ3v) is 5.16. The van der Waals surface area contributed by atoms with Gasteiger partial charge in [0.05, 0.1) is 30.4 Å². The standard InChI is InChI=1S/C20H23N7O2.ClH/c1-12(21)19-23-18(14-7-5-4-6-8-14)24-27(19)11-17(28)26-9-15-16(10-26)22-13(2)25(3)20(15)29;/h4-8,12H,9-11,21H2,1-3H3;1H/t12-;/m0./s1. The molecule has 9 nitrogen and oxygen atoms in total. The van der Waals surface area contributed by atoms with Crippen molar-refractivity contribution in [1.82, 2.24) is 29.2 Å². The average molecular weight is 430 g/mol. The molecule has 1 amide bonds. The van der Waals surface area contributed by atoms with Crippen LogP contribution in [0.15, 0.2) is 35.1 Å². The quantitative estimate of drug-likeness (QED) is 0.669. The molecule has 3 heterocycles. The summed E-state index contributed by atoms with van der Waals surface area (Å²) in [5.74, 6) is 1.54. The van der Waals surface area contributed by atoms with Crippen LogP contribution in [0.3, 0.4) is 0 Å². The normalized spacial score (nSPS) is 13.7. The van der Waals surface area contributed by atoms with Crippen molar-refractivity contribution >= 4 is 18.3 Å². The minimum atomic E-state index is -0.375. The molecule has 0 bridgehead atoms. The van der Waals surface area contributed by atoms with Gasteiger partial charge in [0.1, 0.15) is 18.2 Å². The van der Waals surface area contributed by atoms with Crippen LogP contribution in [0.5, 0.6) is 0 Å². The Morgan fingerprint density at radius 3 is 2.57 bits per heavy atom. The topological polar surface area (TPSA) is 112 Å². The number of carbonyl (C=O) groups is 1. The van der Waals surface area contributed by atoms with Crippen LogP contribution in [0.25, 0.3) is 11.4 Å². The summed E-state index contributed by atoms with van der Waals surface area (Å²) in [4.78, 5) is 36.0. The summed E-state index contributed by atoms with van der Waals surface area (Å²) in [5.41, 5.74) is 8.04. The third kappa shape index (κ3) is 3.86. The van der Waals surface area contributed by atoms with Gasteiger partial charge in [-0.25, -0.2) is 14.6 Å². The number of halogens is 1. The first-order valence-corrected chi connectivity index (χ1v) is 9.44. The lowest BCUT2D eigenvalue weighted by Gasteiger charge is -2.16. The molecule has 2 N–H and O–H groups in total. The number of aromatic nitrogens is 5. The molecule has 30 heavy (non-hydrogen) atoms. The van der Waals surface area contributed by atoms with E-state index in [2.05, 4.69) is 15.1 Å². The van der Waals surface area contributed by atoms with E-state index in [-0.39, 0.29) is 43.0 Å². The highest BCUT2D eigenvalue weighted by Gasteiger charge is 2.29. The second-order valence-corrected chi connectivity index (χ2v) is 7.30. The molecule has 1 aliphatic rings. The fourth-order valence-corrected chi connectivity index (χ4v) is 3.45. The molecule has 1 aromatic carbocycles. The van der Waals surface area contributed by atoms with Crippen LogP contribution in [-0.2, 0) is 31.5 Å². The zero-order valence-electron chi connectivity index (χ0n) is 17.1. The van der Waals surface area contributed by atoms with Crippen LogP contribution >= 0.6 is 12.4 Å². The van der Waals surface area contributed by atoms with Crippen molar-refractivity contribution in [2.45, 2.75) is 39.5 Å². The van der Waals surface area contributed by atoms with Crippen molar-refractivity contribution in [3.8, 4) is 11.4 Å². The van der Waals surface area contributed by atoms with E-state index in [1.807, 2.05) is 37.3 Å². The fourth-order valence-electron chi connectivity index (χ4n) is 3.45. The molecule has 0 radical (unpaired) electrons. The fraction of sp³-hybridized carbons (Fsp3) is 0.350. The minimum Gasteiger partial charge on any atom is -0.331 e. The predicted molar refractivity (Wildman–Crippen MR) is 114 cm³/mol. The highest BCUT2D eigenvalue weighted by atomic mass is 35.5. The molecular formula is C20H24ClN7O2. The molecule has 4 rings (SSSR count). The van der Waals surface area contributed by atoms with Gasteiger partial charge in [0.25, 0.3) is 5.56 Å². The molecule has 10 heteroatoms. The number of nitrogens with zero attached hydrogens (tertiary/aromatic N) is 6. The largest absolute Gasteiger partial charge is 0.331 e. The van der Waals surface area contributed by atoms with Gasteiger partial charge in [0.2, 0.25) is 5.91 Å². The highest BCUT2D eigenvalue weighted by molar-refractivity contribution is 5.85. The van der Waals surface area contributed by atoms with Gasteiger partial charge >= 0.3 is 0 Å². The number of rotatable bonds is 4. The van der Waals surface area contributed by atoms with Crippen LogP contribution in [0.1, 0.15) is 35.9 Å². The summed E-state index contributed by atoms with van der Waals surface area (Å²) < 4.78 is 3.06. The number of aryl methyl sites for hydroxylation is 1. The van der Waals surface area contributed by atoms with E-state index in [4.69, 9.17) is 5.73 Å². The number of fused-ring (bicyclic) bond motifs is 1. The summed E-state index contributed by atoms with van der Waals surface area (Å²) in [6, 6.07) is 9.18. The molecule has 3 aromatic rings. The van der Waals surface area contributed by atoms with Crippen molar-refractivity contribution in [1.29, 1.82) is 0 Å². The van der Waals surface area contributed by atoms with E-state index < -0.39 is 0 Å². The number of nitrogens with two attached hydrogens (primary N) is 1. The highest BCUT2D eigenvalue weighted by Crippen LogP contribution is 2.21. The molecular weight excluding hydrogens is 406 g/mol. The Bertz CT molecular complexity index is 1140. The van der Waals surface area contributed by atoms with Gasteiger partial charge in [-0.05, 0) is 13.8 Å². The van der Waals surface area contributed by atoms with E-state index in [9.17, 15) is 9.59 Å². The molecule has 1 aliphatic heterocycles. The molecule has 0 saturated heterocycles. The second kappa shape index (κ2) is 8.37. The molecule has 2 aromatic heterocycles. The first-order valence-electron chi connectivity index (χ1n) is 9.44. The van der Waals surface area contributed by atoms with E-state index >= 15 is 0 Å². The third-order valence-electron chi connectivity index (χ3n) is 5.16. The molecule has 0 fully saturated rings. The van der Waals surface area contributed by atoms with Crippen molar-refractivity contribution < 1.29 is 4.79 Å². The minimum absolute atomic E-state index is 0. The zero-order valence-corrected chi connectivity index (χ0v) is 17.9. The Morgan fingerprint density at radius 2 is 1.90 bits per heavy atom. The monoisotopic (exact) mass is 429 g/mol. The first-order chi connectivity index (χ1) is 13.8. The van der Waals surface area contributed by atoms with Gasteiger partial charge in [-0.3, -0.25) is 14.2 Å². The van der Waals surface area contributed by atoms with Gasteiger partial charge in [-0.15, -0.1) is 12.4 Å². The van der Waals surface area contributed by atoms with Gasteiger partial charge in [0, 0.05) is 12.6 Å². The molecule has 0 aliphatic carbocycles. The molecule has 0 spiro atoms. The van der Waals surface area contributed by atoms with Gasteiger partial charge in [-0.1, -0.05) is 30.3 Å². The van der Waals surface area contributed by atoms with Crippen LogP contribution in [0, 0.1) is 6.92 Å². The van der Waals surface area contributed by atoms with E-state index in [1.165, 1.54) is 4.57 Å². The SMILES string of the molecule is Cc1nc2c(c(=O)n1C)CN(C(=O)Cn1nc(-c3ccccc3)nc1[C@H](C)N)C2.Cl. The van der Waals surface area contributed by atoms with Gasteiger partial charge in [-0.2, -0.15) is 5.10 Å². The summed E-state index contributed by atoms with van der Waals surface area (Å²) in [7, 11) is 1.69. The number of benzene rings is 1. The Hall–Kier alpha value is -3.04. The Kier molecular flexibility index (Phi) is 6.04. The lowest BCUT2D eigenvalue weighted by atomic mass is 10.2. The maximum Gasteiger partial charge on any atom is 0.258 e. The maximum absolute atomic E-state index is 12.9. The van der Waals surface area contributed by atoms with Crippen LogP contribution in [0.4, 0.5) is 0 Å². The number of amides is 1. The lowest BCUT2D eigenvalue weighted by molar-refractivity contribution is -0.132. The summed E-state index contributed by atoms with van der Waals surface area (Å²) >= 11 is 0. The molecule has 158 valence electrons. The van der Waals surface area contributed by atoms with Crippen molar-refractivity contribution in [2.24, 2.45) is 12.8 Å². The van der Waals surface area contributed by atoms with E-state index in [0.29, 0.717) is 35.3 Å². The number of hydrogen-bond donors (Lipinski definition) is 1. The summed E-state index contributed by atoms with van der Waals surface area (Å²) in [5, 5.41) is 4.50. The predicted octanol–water partition coefficient (Wildman–Crippen LogP) is 1.33. The van der Waals surface area contributed by atoms with Gasteiger partial charge in [0.15, 0.2) is 5.82 Å². The average Bonchev–Trinajstić information content (AvgIpc) is 3.31. The molecule has 0 saturated carbocycles. The number of hydrogen-bond acceptors (Lipinski definition) is 6. The van der Waals surface area contributed by atoms with Gasteiger partial charge < -0.3 is 10.6 Å². The van der Waals surface area contributed by atoms with Crippen molar-refractivity contribution in [2.75, 3.05) is 0 Å². The van der Waals surface area contributed by atoms with Crippen molar-refractivity contribution in [3.05, 3.63) is 63.6 Å². The van der Waals surface area contributed by atoms with Crippen LogP contribution in [0.2, 0.25) is 0 Å². The molecule has 1 atom stereocenters. The molecule has 0 unspecified atom stereocenters. The van der Waals surface area contributed by atoms with Crippen molar-refractivity contribution in [3.63, 3.8) is 0 Å². The summed E-state index contributed by atoms with van der Waals surface area (Å²) in [6.45, 7) is 4.16. The van der Waals surface area contributed by atoms with E-state index in [0.717, 1.165) is 5.56 Å². The van der Waals surface area contributed by atoms with Crippen LogP contribution < -0.4 is 11.3 Å². The number of carbonyl (C=O) groups excluding carboxylic acids is 1. The Balaban J connectivity index is 0.00000256. The van der Waals surface area contributed by atoms with Crippen LogP contribution in [-0.4, -0.2) is 35.1 Å². The summed E-state index contributed by atoms with van der Waals surface area (Å²) in [6.07, 6.45) is 0. The Morgan fingerprint density at radius 1 is 1.20 bits per heavy atom. The Labute approximate surface area is 180 Å². The van der Waals surface area contributed by atoms with E-state index in [1.54, 1.807) is 23.6 Å². The maximum atomic E-state index is 12.9. The zero-order chi connectivity index (χ0) is 20.7. The smallest absolute Gasteiger partial charge is 0.258 e. The first kappa shape index (κ1) is 21.7. The lowest BCUT2D eigenvalue weighted by Crippen LogP contribution is -2.31. The second-order valence-electron chi connectivity index (χ2n) is 7.30.